The molecule has 1 N–H and O–H groups in total. The number of aliphatic hydroxyl groups excluding tert-OH is 1. The van der Waals surface area contributed by atoms with Crippen molar-refractivity contribution < 1.29 is 14.6 Å². The largest absolute Gasteiger partial charge is 0.464 e. The summed E-state index contributed by atoms with van der Waals surface area (Å²) in [6, 6.07) is -0.0310. The van der Waals surface area contributed by atoms with Crippen molar-refractivity contribution >= 4 is 5.97 Å². The fraction of sp³-hybridized carbons (Fsp3) is 0.889. The Balaban J connectivity index is 1.91. The molecule has 2 atom stereocenters. The second-order valence-corrected chi connectivity index (χ2v) is 3.80. The normalized spacial score (nSPS) is 35.3. The van der Waals surface area contributed by atoms with Crippen LogP contribution in [0.1, 0.15) is 12.8 Å². The number of cyclic esters (lactones) is 1. The molecule has 0 saturated carbocycles. The highest BCUT2D eigenvalue weighted by Crippen LogP contribution is 2.22. The minimum absolute atomic E-state index is 0.0310. The summed E-state index contributed by atoms with van der Waals surface area (Å²) in [6.45, 7) is 2.56. The van der Waals surface area contributed by atoms with Gasteiger partial charge in [-0.1, -0.05) is 0 Å². The number of aliphatic hydroxyl groups is 1. The van der Waals surface area contributed by atoms with Gasteiger partial charge in [0, 0.05) is 19.6 Å². The van der Waals surface area contributed by atoms with Crippen molar-refractivity contribution in [3.63, 3.8) is 0 Å². The van der Waals surface area contributed by atoms with Crippen LogP contribution in [0.4, 0.5) is 0 Å². The molecule has 0 radical (unpaired) electrons. The van der Waals surface area contributed by atoms with Crippen molar-refractivity contribution in [2.45, 2.75) is 18.9 Å². The van der Waals surface area contributed by atoms with Gasteiger partial charge in [-0.2, -0.15) is 0 Å². The molecule has 4 nitrogen and oxygen atoms in total. The molecule has 0 amide bonds. The molecule has 0 bridgehead atoms. The van der Waals surface area contributed by atoms with Gasteiger partial charge in [-0.3, -0.25) is 9.69 Å². The standard InChI is InChI=1S/C9H15NO3/c11-6-7-1-3-10(5-7)8-2-4-13-9(8)12/h7-8,11H,1-6H2/t7-,8?/m1/s1. The van der Waals surface area contributed by atoms with E-state index in [0.717, 1.165) is 25.9 Å². The zero-order valence-corrected chi connectivity index (χ0v) is 7.61. The van der Waals surface area contributed by atoms with Gasteiger partial charge >= 0.3 is 5.97 Å². The van der Waals surface area contributed by atoms with Crippen molar-refractivity contribution in [3.05, 3.63) is 0 Å². The van der Waals surface area contributed by atoms with Gasteiger partial charge in [0.05, 0.1) is 6.61 Å². The summed E-state index contributed by atoms with van der Waals surface area (Å²) < 4.78 is 4.90. The summed E-state index contributed by atoms with van der Waals surface area (Å²) in [5.74, 6) is 0.270. The van der Waals surface area contributed by atoms with E-state index < -0.39 is 0 Å². The van der Waals surface area contributed by atoms with E-state index in [1.807, 2.05) is 0 Å². The summed E-state index contributed by atoms with van der Waals surface area (Å²) in [4.78, 5) is 13.4. The zero-order valence-electron chi connectivity index (χ0n) is 7.61. The third-order valence-corrected chi connectivity index (χ3v) is 2.92. The highest BCUT2D eigenvalue weighted by molar-refractivity contribution is 5.77. The Bertz CT molecular complexity index is 207. The molecule has 2 rings (SSSR count). The third kappa shape index (κ3) is 1.69. The predicted molar refractivity (Wildman–Crippen MR) is 46.1 cm³/mol. The molecule has 4 heteroatoms. The number of hydrogen-bond acceptors (Lipinski definition) is 4. The molecule has 1 unspecified atom stereocenters. The Kier molecular flexibility index (Phi) is 2.51. The van der Waals surface area contributed by atoms with Gasteiger partial charge in [0.1, 0.15) is 6.04 Å². The lowest BCUT2D eigenvalue weighted by Crippen LogP contribution is -2.36. The topological polar surface area (TPSA) is 49.8 Å². The van der Waals surface area contributed by atoms with Crippen LogP contribution in [0, 0.1) is 5.92 Å². The number of esters is 1. The van der Waals surface area contributed by atoms with E-state index in [9.17, 15) is 4.79 Å². The zero-order chi connectivity index (χ0) is 9.26. The molecule has 2 aliphatic rings. The molecule has 0 aliphatic carbocycles. The molecular formula is C9H15NO3. The quantitative estimate of drug-likeness (QED) is 0.596. The molecule has 0 spiro atoms. The second-order valence-electron chi connectivity index (χ2n) is 3.80. The van der Waals surface area contributed by atoms with E-state index in [4.69, 9.17) is 9.84 Å². The highest BCUT2D eigenvalue weighted by Gasteiger charge is 2.36. The maximum Gasteiger partial charge on any atom is 0.323 e. The van der Waals surface area contributed by atoms with Crippen molar-refractivity contribution in [2.24, 2.45) is 5.92 Å². The Morgan fingerprint density at radius 1 is 1.54 bits per heavy atom. The fourth-order valence-corrected chi connectivity index (χ4v) is 2.11. The van der Waals surface area contributed by atoms with Crippen LogP contribution in [0.15, 0.2) is 0 Å². The van der Waals surface area contributed by atoms with Gasteiger partial charge in [-0.25, -0.2) is 0 Å². The second kappa shape index (κ2) is 3.64. The minimum Gasteiger partial charge on any atom is -0.464 e. The molecule has 13 heavy (non-hydrogen) atoms. The minimum atomic E-state index is -0.0846. The van der Waals surface area contributed by atoms with Crippen molar-refractivity contribution in [3.8, 4) is 0 Å². The first-order valence-electron chi connectivity index (χ1n) is 4.83. The molecule has 2 fully saturated rings. The van der Waals surface area contributed by atoms with Crippen LogP contribution in [0.2, 0.25) is 0 Å². The van der Waals surface area contributed by atoms with Crippen LogP contribution in [-0.4, -0.2) is 48.3 Å². The number of carbonyl (C=O) groups excluding carboxylic acids is 1. The Morgan fingerprint density at radius 2 is 2.38 bits per heavy atom. The average molecular weight is 185 g/mol. The van der Waals surface area contributed by atoms with Crippen LogP contribution in [0.3, 0.4) is 0 Å². The van der Waals surface area contributed by atoms with Gasteiger partial charge in [-0.15, -0.1) is 0 Å². The van der Waals surface area contributed by atoms with Gasteiger partial charge in [0.2, 0.25) is 0 Å². The lowest BCUT2D eigenvalue weighted by Gasteiger charge is -2.19. The molecule has 0 aromatic heterocycles. The molecule has 0 aromatic rings. The molecule has 2 aliphatic heterocycles. The number of likely N-dealkylation sites (tertiary alicyclic amines) is 1. The smallest absolute Gasteiger partial charge is 0.323 e. The van der Waals surface area contributed by atoms with Gasteiger partial charge < -0.3 is 9.84 Å². The summed E-state index contributed by atoms with van der Waals surface area (Å²) in [5.41, 5.74) is 0. The van der Waals surface area contributed by atoms with Crippen LogP contribution in [0.5, 0.6) is 0 Å². The van der Waals surface area contributed by atoms with Crippen LogP contribution < -0.4 is 0 Å². The van der Waals surface area contributed by atoms with Crippen molar-refractivity contribution in [1.82, 2.24) is 4.90 Å². The first-order chi connectivity index (χ1) is 6.31. The molecule has 2 heterocycles. The summed E-state index contributed by atoms with van der Waals surface area (Å²) >= 11 is 0. The molecular weight excluding hydrogens is 170 g/mol. The molecule has 2 saturated heterocycles. The number of carbonyl (C=O) groups is 1. The van der Waals surface area contributed by atoms with E-state index in [1.54, 1.807) is 0 Å². The predicted octanol–water partition coefficient (Wildman–Crippen LogP) is -0.384. The number of nitrogens with zero attached hydrogens (tertiary/aromatic N) is 1. The average Bonchev–Trinajstić information content (AvgIpc) is 2.71. The third-order valence-electron chi connectivity index (χ3n) is 2.92. The highest BCUT2D eigenvalue weighted by atomic mass is 16.5. The van der Waals surface area contributed by atoms with Crippen LogP contribution in [0.25, 0.3) is 0 Å². The summed E-state index contributed by atoms with van der Waals surface area (Å²) in [5, 5.41) is 8.95. The van der Waals surface area contributed by atoms with Crippen LogP contribution >= 0.6 is 0 Å². The maximum atomic E-state index is 11.2. The fourth-order valence-electron chi connectivity index (χ4n) is 2.11. The number of ether oxygens (including phenoxy) is 1. The first-order valence-corrected chi connectivity index (χ1v) is 4.83. The van der Waals surface area contributed by atoms with Crippen LogP contribution in [-0.2, 0) is 9.53 Å². The van der Waals surface area contributed by atoms with Gasteiger partial charge in [0.15, 0.2) is 0 Å². The summed E-state index contributed by atoms with van der Waals surface area (Å²) in [6.07, 6.45) is 1.82. The van der Waals surface area contributed by atoms with Gasteiger partial charge in [-0.05, 0) is 18.9 Å². The van der Waals surface area contributed by atoms with Crippen molar-refractivity contribution in [2.75, 3.05) is 26.3 Å². The van der Waals surface area contributed by atoms with Gasteiger partial charge in [0.25, 0.3) is 0 Å². The first kappa shape index (κ1) is 8.97. The SMILES string of the molecule is O=C1OCCC1N1CC[C@@H](CO)C1. The summed E-state index contributed by atoms with van der Waals surface area (Å²) in [7, 11) is 0. The van der Waals surface area contributed by atoms with E-state index in [2.05, 4.69) is 4.90 Å². The Morgan fingerprint density at radius 3 is 2.92 bits per heavy atom. The lowest BCUT2D eigenvalue weighted by atomic mass is 10.1. The Hall–Kier alpha value is -0.610. The molecule has 74 valence electrons. The van der Waals surface area contributed by atoms with E-state index in [-0.39, 0.29) is 18.6 Å². The van der Waals surface area contributed by atoms with E-state index in [1.165, 1.54) is 0 Å². The monoisotopic (exact) mass is 185 g/mol. The number of rotatable bonds is 2. The Labute approximate surface area is 77.5 Å². The lowest BCUT2D eigenvalue weighted by molar-refractivity contribution is -0.142. The number of hydrogen-bond donors (Lipinski definition) is 1. The van der Waals surface area contributed by atoms with E-state index >= 15 is 0 Å². The van der Waals surface area contributed by atoms with Crippen molar-refractivity contribution in [1.29, 1.82) is 0 Å². The van der Waals surface area contributed by atoms with E-state index in [0.29, 0.717) is 12.5 Å². The molecule has 0 aromatic carbocycles. The maximum absolute atomic E-state index is 11.2.